The molecule has 84 valence electrons. The van der Waals surface area contributed by atoms with E-state index in [-0.39, 0.29) is 5.82 Å². The van der Waals surface area contributed by atoms with Crippen LogP contribution in [0.25, 0.3) is 0 Å². The molecule has 2 aromatic rings. The lowest BCUT2D eigenvalue weighted by Gasteiger charge is -2.04. The highest BCUT2D eigenvalue weighted by Gasteiger charge is 1.95. The zero-order valence-corrected chi connectivity index (χ0v) is 8.81. The molecule has 1 heterocycles. The minimum absolute atomic E-state index is 0.199. The van der Waals surface area contributed by atoms with Gasteiger partial charge < -0.3 is 5.32 Å². The van der Waals surface area contributed by atoms with Gasteiger partial charge >= 0.3 is 0 Å². The third-order valence-electron chi connectivity index (χ3n) is 2.20. The fourth-order valence-corrected chi connectivity index (χ4v) is 1.42. The molecule has 0 radical (unpaired) electrons. The summed E-state index contributed by atoms with van der Waals surface area (Å²) in [6, 6.07) is 6.58. The Morgan fingerprint density at radius 3 is 3.06 bits per heavy atom. The van der Waals surface area contributed by atoms with Crippen LogP contribution in [0.5, 0.6) is 0 Å². The summed E-state index contributed by atoms with van der Waals surface area (Å²) in [5, 5.41) is 7.19. The molecule has 2 rings (SSSR count). The predicted molar refractivity (Wildman–Crippen MR) is 58.1 cm³/mol. The average Bonchev–Trinajstić information content (AvgIpc) is 2.77. The van der Waals surface area contributed by atoms with Crippen molar-refractivity contribution >= 4 is 0 Å². The molecular weight excluding hydrogens is 207 g/mol. The number of nitrogens with zero attached hydrogens (tertiary/aromatic N) is 3. The zero-order chi connectivity index (χ0) is 11.2. The van der Waals surface area contributed by atoms with Crippen molar-refractivity contribution in [3.05, 3.63) is 48.3 Å². The zero-order valence-electron chi connectivity index (χ0n) is 8.81. The molecule has 1 aromatic carbocycles. The van der Waals surface area contributed by atoms with E-state index in [1.54, 1.807) is 17.1 Å². The number of benzene rings is 1. The van der Waals surface area contributed by atoms with Crippen LogP contribution in [0.15, 0.2) is 36.9 Å². The lowest BCUT2D eigenvalue weighted by molar-refractivity contribution is 0.552. The molecule has 5 heteroatoms. The summed E-state index contributed by atoms with van der Waals surface area (Å²) in [6.45, 7) is 2.20. The molecule has 0 saturated heterocycles. The maximum absolute atomic E-state index is 12.8. The second-order valence-electron chi connectivity index (χ2n) is 3.47. The molecule has 0 aliphatic heterocycles. The molecule has 16 heavy (non-hydrogen) atoms. The number of hydrogen-bond donors (Lipinski definition) is 1. The van der Waals surface area contributed by atoms with Crippen LogP contribution in [0.4, 0.5) is 4.39 Å². The summed E-state index contributed by atoms with van der Waals surface area (Å²) >= 11 is 0. The van der Waals surface area contributed by atoms with Gasteiger partial charge in [-0.3, -0.25) is 4.68 Å². The van der Waals surface area contributed by atoms with Gasteiger partial charge in [0.05, 0.1) is 6.54 Å². The highest BCUT2D eigenvalue weighted by atomic mass is 19.1. The van der Waals surface area contributed by atoms with Gasteiger partial charge in [0.15, 0.2) is 0 Å². The van der Waals surface area contributed by atoms with Crippen molar-refractivity contribution in [2.24, 2.45) is 0 Å². The molecule has 4 nitrogen and oxygen atoms in total. The number of halogens is 1. The molecule has 0 atom stereocenters. The van der Waals surface area contributed by atoms with E-state index in [4.69, 9.17) is 0 Å². The van der Waals surface area contributed by atoms with Crippen LogP contribution >= 0.6 is 0 Å². The molecule has 1 N–H and O–H groups in total. The van der Waals surface area contributed by atoms with E-state index in [9.17, 15) is 4.39 Å². The highest BCUT2D eigenvalue weighted by Crippen LogP contribution is 2.02. The van der Waals surface area contributed by atoms with Crippen LogP contribution in [0.2, 0.25) is 0 Å². The first kappa shape index (κ1) is 10.8. The van der Waals surface area contributed by atoms with E-state index in [1.807, 2.05) is 6.07 Å². The molecule has 0 fully saturated rings. The molecule has 0 unspecified atom stereocenters. The topological polar surface area (TPSA) is 42.7 Å². The quantitative estimate of drug-likeness (QED) is 0.770. The van der Waals surface area contributed by atoms with Crippen molar-refractivity contribution in [1.82, 2.24) is 20.1 Å². The first-order valence-electron chi connectivity index (χ1n) is 5.12. The van der Waals surface area contributed by atoms with Gasteiger partial charge in [0.1, 0.15) is 18.5 Å². The molecular formula is C11H13FN4. The van der Waals surface area contributed by atoms with Gasteiger partial charge in [-0.2, -0.15) is 5.10 Å². The van der Waals surface area contributed by atoms with E-state index < -0.39 is 0 Å². The Morgan fingerprint density at radius 1 is 1.38 bits per heavy atom. The average molecular weight is 220 g/mol. The van der Waals surface area contributed by atoms with Gasteiger partial charge in [0, 0.05) is 13.1 Å². The maximum atomic E-state index is 12.8. The smallest absolute Gasteiger partial charge is 0.137 e. The Balaban J connectivity index is 1.72. The molecule has 0 bridgehead atoms. The number of hydrogen-bond acceptors (Lipinski definition) is 3. The molecule has 0 aliphatic rings. The van der Waals surface area contributed by atoms with E-state index in [0.29, 0.717) is 6.54 Å². The van der Waals surface area contributed by atoms with Crippen molar-refractivity contribution in [2.75, 3.05) is 6.54 Å². The third-order valence-corrected chi connectivity index (χ3v) is 2.20. The summed E-state index contributed by atoms with van der Waals surface area (Å²) in [5.41, 5.74) is 0.943. The van der Waals surface area contributed by atoms with Crippen molar-refractivity contribution in [2.45, 2.75) is 13.1 Å². The minimum atomic E-state index is -0.199. The van der Waals surface area contributed by atoms with Crippen molar-refractivity contribution in [3.8, 4) is 0 Å². The summed E-state index contributed by atoms with van der Waals surface area (Å²) < 4.78 is 14.6. The van der Waals surface area contributed by atoms with Crippen LogP contribution in [-0.2, 0) is 13.1 Å². The standard InChI is InChI=1S/C11H13FN4/c12-11-3-1-2-10(6-11)7-13-4-5-16-9-14-8-15-16/h1-3,6,8-9,13H,4-5,7H2. The second-order valence-corrected chi connectivity index (χ2v) is 3.47. The van der Waals surface area contributed by atoms with E-state index in [0.717, 1.165) is 18.7 Å². The SMILES string of the molecule is Fc1cccc(CNCCn2cncn2)c1. The van der Waals surface area contributed by atoms with Crippen molar-refractivity contribution < 1.29 is 4.39 Å². The highest BCUT2D eigenvalue weighted by molar-refractivity contribution is 5.15. The summed E-state index contributed by atoms with van der Waals surface area (Å²) in [7, 11) is 0. The minimum Gasteiger partial charge on any atom is -0.311 e. The summed E-state index contributed by atoms with van der Waals surface area (Å²) in [5.74, 6) is -0.199. The van der Waals surface area contributed by atoms with Crippen LogP contribution in [0.3, 0.4) is 0 Å². The Bertz CT molecular complexity index is 427. The van der Waals surface area contributed by atoms with Gasteiger partial charge in [-0.15, -0.1) is 0 Å². The molecule has 0 amide bonds. The molecule has 1 aromatic heterocycles. The van der Waals surface area contributed by atoms with Crippen LogP contribution < -0.4 is 5.32 Å². The molecule has 0 spiro atoms. The summed E-state index contributed by atoms with van der Waals surface area (Å²) in [6.07, 6.45) is 3.18. The fourth-order valence-electron chi connectivity index (χ4n) is 1.42. The Labute approximate surface area is 93.1 Å². The first-order chi connectivity index (χ1) is 7.84. The molecule has 0 aliphatic carbocycles. The first-order valence-corrected chi connectivity index (χ1v) is 5.12. The van der Waals surface area contributed by atoms with E-state index in [2.05, 4.69) is 15.4 Å². The predicted octanol–water partition coefficient (Wildman–Crippen LogP) is 1.21. The van der Waals surface area contributed by atoms with Crippen molar-refractivity contribution in [1.29, 1.82) is 0 Å². The van der Waals surface area contributed by atoms with Gasteiger partial charge in [0.2, 0.25) is 0 Å². The van der Waals surface area contributed by atoms with Crippen LogP contribution in [0.1, 0.15) is 5.56 Å². The Hall–Kier alpha value is -1.75. The Morgan fingerprint density at radius 2 is 2.31 bits per heavy atom. The lowest BCUT2D eigenvalue weighted by Crippen LogP contribution is -2.19. The number of nitrogens with one attached hydrogen (secondary N) is 1. The summed E-state index contributed by atoms with van der Waals surface area (Å²) in [4.78, 5) is 3.85. The fraction of sp³-hybridized carbons (Fsp3) is 0.273. The maximum Gasteiger partial charge on any atom is 0.137 e. The van der Waals surface area contributed by atoms with Crippen molar-refractivity contribution in [3.63, 3.8) is 0 Å². The van der Waals surface area contributed by atoms with Gasteiger partial charge in [0.25, 0.3) is 0 Å². The number of aromatic nitrogens is 3. The van der Waals surface area contributed by atoms with Crippen LogP contribution in [-0.4, -0.2) is 21.3 Å². The largest absolute Gasteiger partial charge is 0.311 e. The third kappa shape index (κ3) is 3.13. The Kier molecular flexibility index (Phi) is 3.61. The van der Waals surface area contributed by atoms with E-state index in [1.165, 1.54) is 18.5 Å². The number of rotatable bonds is 5. The lowest BCUT2D eigenvalue weighted by atomic mass is 10.2. The van der Waals surface area contributed by atoms with Gasteiger partial charge in [-0.25, -0.2) is 9.37 Å². The van der Waals surface area contributed by atoms with Gasteiger partial charge in [-0.05, 0) is 17.7 Å². The van der Waals surface area contributed by atoms with E-state index >= 15 is 0 Å². The monoisotopic (exact) mass is 220 g/mol. The second kappa shape index (κ2) is 5.37. The molecule has 0 saturated carbocycles. The van der Waals surface area contributed by atoms with Crippen LogP contribution in [0, 0.1) is 5.82 Å². The van der Waals surface area contributed by atoms with Gasteiger partial charge in [-0.1, -0.05) is 12.1 Å². The normalized spacial score (nSPS) is 10.6.